The maximum atomic E-state index is 10.7. The van der Waals surface area contributed by atoms with E-state index in [-0.39, 0.29) is 0 Å². The van der Waals surface area contributed by atoms with Gasteiger partial charge in [-0.1, -0.05) is 26.7 Å². The van der Waals surface area contributed by atoms with Crippen molar-refractivity contribution in [2.45, 2.75) is 47.0 Å². The van der Waals surface area contributed by atoms with Crippen molar-refractivity contribution in [2.24, 2.45) is 11.3 Å². The first-order valence-corrected chi connectivity index (χ1v) is 4.59. The molecule has 0 saturated carbocycles. The molecule has 12 heavy (non-hydrogen) atoms. The maximum Gasteiger partial charge on any atom is 0.309 e. The zero-order chi connectivity index (χ0) is 9.78. The van der Waals surface area contributed by atoms with Crippen molar-refractivity contribution in [2.75, 3.05) is 0 Å². The van der Waals surface area contributed by atoms with E-state index in [1.165, 1.54) is 0 Å². The number of rotatable bonds is 5. The molecule has 0 fully saturated rings. The van der Waals surface area contributed by atoms with Crippen LogP contribution in [0, 0.1) is 11.3 Å². The first-order valence-electron chi connectivity index (χ1n) is 4.59. The third-order valence-corrected chi connectivity index (χ3v) is 2.16. The molecule has 0 bridgehead atoms. The second kappa shape index (κ2) is 4.48. The van der Waals surface area contributed by atoms with Gasteiger partial charge in [-0.3, -0.25) is 4.79 Å². The molecule has 0 heterocycles. The summed E-state index contributed by atoms with van der Waals surface area (Å²) < 4.78 is 0. The number of carbonyl (C=O) groups is 1. The lowest BCUT2D eigenvalue weighted by atomic mass is 9.86. The Morgan fingerprint density at radius 3 is 2.25 bits per heavy atom. The molecule has 0 aliphatic heterocycles. The third-order valence-electron chi connectivity index (χ3n) is 2.16. The fourth-order valence-corrected chi connectivity index (χ4v) is 1.06. The third kappa shape index (κ3) is 4.37. The molecule has 0 rings (SSSR count). The summed E-state index contributed by atoms with van der Waals surface area (Å²) in [6.45, 7) is 7.90. The molecule has 0 aromatic carbocycles. The van der Waals surface area contributed by atoms with Gasteiger partial charge >= 0.3 is 5.97 Å². The van der Waals surface area contributed by atoms with Gasteiger partial charge in [0, 0.05) is 0 Å². The molecule has 2 heteroatoms. The number of carboxylic acids is 1. The molecule has 0 aromatic heterocycles. The lowest BCUT2D eigenvalue weighted by Gasteiger charge is -2.18. The van der Waals surface area contributed by atoms with E-state index in [4.69, 9.17) is 5.11 Å². The highest BCUT2D eigenvalue weighted by molar-refractivity contribution is 5.73. The van der Waals surface area contributed by atoms with Crippen LogP contribution in [0.4, 0.5) is 0 Å². The summed E-state index contributed by atoms with van der Waals surface area (Å²) in [5.74, 6) is -0.0131. The number of aliphatic carboxylic acids is 1. The van der Waals surface area contributed by atoms with Gasteiger partial charge < -0.3 is 5.11 Å². The van der Waals surface area contributed by atoms with Crippen LogP contribution in [0.3, 0.4) is 0 Å². The molecular weight excluding hydrogens is 152 g/mol. The molecule has 72 valence electrons. The summed E-state index contributed by atoms with van der Waals surface area (Å²) in [5, 5.41) is 8.81. The molecule has 0 radical (unpaired) electrons. The van der Waals surface area contributed by atoms with Gasteiger partial charge in [0.1, 0.15) is 0 Å². The normalized spacial score (nSPS) is 12.1. The Morgan fingerprint density at radius 1 is 1.42 bits per heavy atom. The van der Waals surface area contributed by atoms with Crippen LogP contribution in [-0.4, -0.2) is 11.1 Å². The van der Waals surface area contributed by atoms with Crippen molar-refractivity contribution in [3.8, 4) is 0 Å². The molecular formula is C10H20O2. The molecule has 0 atom stereocenters. The summed E-state index contributed by atoms with van der Waals surface area (Å²) in [7, 11) is 0. The van der Waals surface area contributed by atoms with Gasteiger partial charge in [0.15, 0.2) is 0 Å². The van der Waals surface area contributed by atoms with Gasteiger partial charge in [-0.05, 0) is 26.2 Å². The van der Waals surface area contributed by atoms with E-state index in [2.05, 4.69) is 13.8 Å². The van der Waals surface area contributed by atoms with Gasteiger partial charge in [0.25, 0.3) is 0 Å². The molecule has 0 spiro atoms. The molecule has 2 nitrogen and oxygen atoms in total. The standard InChI is InChI=1S/C10H20O2/c1-8(2)6-5-7-10(3,4)9(11)12/h8H,5-7H2,1-4H3,(H,11,12). The van der Waals surface area contributed by atoms with E-state index in [0.29, 0.717) is 5.92 Å². The molecule has 0 aliphatic carbocycles. The topological polar surface area (TPSA) is 37.3 Å². The number of hydrogen-bond acceptors (Lipinski definition) is 1. The lowest BCUT2D eigenvalue weighted by molar-refractivity contribution is -0.147. The highest BCUT2D eigenvalue weighted by atomic mass is 16.4. The van der Waals surface area contributed by atoms with E-state index in [9.17, 15) is 4.79 Å². The predicted octanol–water partition coefficient (Wildman–Crippen LogP) is 2.92. The average Bonchev–Trinajstić information content (AvgIpc) is 1.85. The van der Waals surface area contributed by atoms with Crippen LogP contribution in [0.1, 0.15) is 47.0 Å². The monoisotopic (exact) mass is 172 g/mol. The zero-order valence-corrected chi connectivity index (χ0v) is 8.55. The van der Waals surface area contributed by atoms with Crippen molar-refractivity contribution in [1.29, 1.82) is 0 Å². The Balaban J connectivity index is 3.69. The predicted molar refractivity (Wildman–Crippen MR) is 50.1 cm³/mol. The van der Waals surface area contributed by atoms with Gasteiger partial charge in [0.2, 0.25) is 0 Å². The summed E-state index contributed by atoms with van der Waals surface area (Å²) in [4.78, 5) is 10.7. The molecule has 0 aromatic rings. The Morgan fingerprint density at radius 2 is 1.92 bits per heavy atom. The summed E-state index contributed by atoms with van der Waals surface area (Å²) in [6, 6.07) is 0. The SMILES string of the molecule is CC(C)CCCC(C)(C)C(=O)O. The average molecular weight is 172 g/mol. The summed E-state index contributed by atoms with van der Waals surface area (Å²) in [5.41, 5.74) is -0.547. The Hall–Kier alpha value is -0.530. The van der Waals surface area contributed by atoms with E-state index >= 15 is 0 Å². The molecule has 0 amide bonds. The number of carboxylic acid groups (broad SMARTS) is 1. The number of hydrogen-bond donors (Lipinski definition) is 1. The van der Waals surface area contributed by atoms with Gasteiger partial charge in [-0.25, -0.2) is 0 Å². The minimum atomic E-state index is -0.689. The molecule has 0 aliphatic rings. The van der Waals surface area contributed by atoms with Gasteiger partial charge in [-0.15, -0.1) is 0 Å². The van der Waals surface area contributed by atoms with Crippen molar-refractivity contribution in [3.63, 3.8) is 0 Å². The van der Waals surface area contributed by atoms with E-state index < -0.39 is 11.4 Å². The van der Waals surface area contributed by atoms with Crippen LogP contribution in [0.25, 0.3) is 0 Å². The first kappa shape index (κ1) is 11.5. The van der Waals surface area contributed by atoms with Crippen molar-refractivity contribution >= 4 is 5.97 Å². The van der Waals surface area contributed by atoms with Crippen LogP contribution < -0.4 is 0 Å². The molecule has 0 saturated heterocycles. The second-order valence-corrected chi connectivity index (χ2v) is 4.48. The summed E-state index contributed by atoms with van der Waals surface area (Å²) >= 11 is 0. The van der Waals surface area contributed by atoms with Gasteiger partial charge in [0.05, 0.1) is 5.41 Å². The lowest BCUT2D eigenvalue weighted by Crippen LogP contribution is -2.23. The minimum Gasteiger partial charge on any atom is -0.481 e. The maximum absolute atomic E-state index is 10.7. The van der Waals surface area contributed by atoms with Gasteiger partial charge in [-0.2, -0.15) is 0 Å². The van der Waals surface area contributed by atoms with Crippen LogP contribution in [0.15, 0.2) is 0 Å². The quantitative estimate of drug-likeness (QED) is 0.692. The smallest absolute Gasteiger partial charge is 0.309 e. The van der Waals surface area contributed by atoms with E-state index in [1.807, 2.05) is 0 Å². The molecule has 1 N–H and O–H groups in total. The highest BCUT2D eigenvalue weighted by Crippen LogP contribution is 2.24. The summed E-state index contributed by atoms with van der Waals surface area (Å²) in [6.07, 6.45) is 2.91. The fraction of sp³-hybridized carbons (Fsp3) is 0.900. The van der Waals surface area contributed by atoms with Crippen molar-refractivity contribution in [1.82, 2.24) is 0 Å². The first-order chi connectivity index (χ1) is 5.36. The van der Waals surface area contributed by atoms with Crippen LogP contribution >= 0.6 is 0 Å². The van der Waals surface area contributed by atoms with Crippen molar-refractivity contribution < 1.29 is 9.90 Å². The van der Waals surface area contributed by atoms with E-state index in [0.717, 1.165) is 19.3 Å². The van der Waals surface area contributed by atoms with E-state index in [1.54, 1.807) is 13.8 Å². The Labute approximate surface area is 75.0 Å². The Kier molecular flexibility index (Phi) is 4.29. The Bertz CT molecular complexity index is 148. The van der Waals surface area contributed by atoms with Crippen molar-refractivity contribution in [3.05, 3.63) is 0 Å². The van der Waals surface area contributed by atoms with Crippen LogP contribution in [0.2, 0.25) is 0 Å². The molecule has 0 unspecified atom stereocenters. The van der Waals surface area contributed by atoms with Crippen LogP contribution in [-0.2, 0) is 4.79 Å². The van der Waals surface area contributed by atoms with Crippen LogP contribution in [0.5, 0.6) is 0 Å². The largest absolute Gasteiger partial charge is 0.481 e. The fourth-order valence-electron chi connectivity index (χ4n) is 1.06. The second-order valence-electron chi connectivity index (χ2n) is 4.48. The minimum absolute atomic E-state index is 0.547. The highest BCUT2D eigenvalue weighted by Gasteiger charge is 2.25. The zero-order valence-electron chi connectivity index (χ0n) is 8.55.